The Hall–Kier alpha value is -0.590. The zero-order chi connectivity index (χ0) is 14.0. The summed E-state index contributed by atoms with van der Waals surface area (Å²) in [4.78, 5) is 44.1. The highest BCUT2D eigenvalue weighted by atomic mass is 127. The van der Waals surface area contributed by atoms with Gasteiger partial charge in [0.2, 0.25) is 5.78 Å². The zero-order valence-electron chi connectivity index (χ0n) is 10.7. The Labute approximate surface area is 121 Å². The molecule has 0 aliphatic carbocycles. The van der Waals surface area contributed by atoms with Crippen molar-refractivity contribution in [3.63, 3.8) is 0 Å². The van der Waals surface area contributed by atoms with Gasteiger partial charge in [0.1, 0.15) is 0 Å². The highest BCUT2D eigenvalue weighted by Crippen LogP contribution is 2.09. The fourth-order valence-electron chi connectivity index (χ4n) is 1.57. The molecule has 0 rings (SSSR count). The Morgan fingerprint density at radius 3 is 1.78 bits per heavy atom. The summed E-state index contributed by atoms with van der Waals surface area (Å²) in [5.41, 5.74) is 0. The fourth-order valence-corrected chi connectivity index (χ4v) is 1.82. The van der Waals surface area contributed by atoms with Crippen LogP contribution in [0.5, 0.6) is 0 Å². The molecule has 0 saturated carbocycles. The minimum Gasteiger partial charge on any atom is -0.290 e. The number of carbonyl (C=O) groups is 4. The average Bonchev–Trinajstić information content (AvgIpc) is 2.35. The van der Waals surface area contributed by atoms with Crippen LogP contribution < -0.4 is 0 Å². The van der Waals surface area contributed by atoms with Gasteiger partial charge in [-0.3, -0.25) is 19.2 Å². The zero-order valence-corrected chi connectivity index (χ0v) is 12.8. The van der Waals surface area contributed by atoms with E-state index in [1.54, 1.807) is 0 Å². The molecule has 0 unspecified atom stereocenters. The average molecular weight is 366 g/mol. The number of carbonyl (C=O) groups excluding carboxylic acids is 4. The second kappa shape index (κ2) is 10.3. The van der Waals surface area contributed by atoms with Gasteiger partial charge in [-0.05, 0) is 6.42 Å². The normalized spacial score (nSPS) is 10.1. The Morgan fingerprint density at radius 1 is 0.778 bits per heavy atom. The van der Waals surface area contributed by atoms with Gasteiger partial charge in [0, 0.05) is 29.0 Å². The van der Waals surface area contributed by atoms with Crippen molar-refractivity contribution in [2.45, 2.75) is 58.3 Å². The molecule has 0 aromatic carbocycles. The van der Waals surface area contributed by atoms with Crippen LogP contribution in [0.1, 0.15) is 58.3 Å². The number of unbranched alkanes of at least 4 members (excludes halogenated alkanes) is 6. The van der Waals surface area contributed by atoms with E-state index in [4.69, 9.17) is 0 Å². The summed E-state index contributed by atoms with van der Waals surface area (Å²) >= 11 is 1.22. The van der Waals surface area contributed by atoms with Crippen molar-refractivity contribution in [3.05, 3.63) is 0 Å². The first-order chi connectivity index (χ1) is 8.50. The molecular weight excluding hydrogens is 347 g/mol. The van der Waals surface area contributed by atoms with Crippen molar-refractivity contribution >= 4 is 43.7 Å². The van der Waals surface area contributed by atoms with Crippen LogP contribution in [0.2, 0.25) is 0 Å². The van der Waals surface area contributed by atoms with Crippen molar-refractivity contribution < 1.29 is 19.2 Å². The summed E-state index contributed by atoms with van der Waals surface area (Å²) in [7, 11) is 0. The highest BCUT2D eigenvalue weighted by molar-refractivity contribution is 14.1. The van der Waals surface area contributed by atoms with E-state index in [-0.39, 0.29) is 6.42 Å². The molecular formula is C13H19IO4. The molecule has 18 heavy (non-hydrogen) atoms. The number of ketones is 3. The van der Waals surface area contributed by atoms with Gasteiger partial charge in [0.05, 0.1) is 0 Å². The summed E-state index contributed by atoms with van der Waals surface area (Å²) in [6.45, 7) is 2.15. The second-order valence-electron chi connectivity index (χ2n) is 4.23. The van der Waals surface area contributed by atoms with E-state index < -0.39 is 21.1 Å². The number of halogens is 1. The first kappa shape index (κ1) is 17.4. The second-order valence-corrected chi connectivity index (χ2v) is 5.21. The molecule has 0 radical (unpaired) electrons. The van der Waals surface area contributed by atoms with E-state index in [0.29, 0.717) is 6.42 Å². The molecule has 0 saturated heterocycles. The monoisotopic (exact) mass is 366 g/mol. The quantitative estimate of drug-likeness (QED) is 0.185. The molecule has 0 fully saturated rings. The van der Waals surface area contributed by atoms with Crippen molar-refractivity contribution in [2.75, 3.05) is 0 Å². The van der Waals surface area contributed by atoms with Crippen LogP contribution in [-0.2, 0) is 19.2 Å². The Bertz CT molecular complexity index is 323. The highest BCUT2D eigenvalue weighted by Gasteiger charge is 2.26. The third-order valence-electron chi connectivity index (χ3n) is 2.65. The number of hydrogen-bond acceptors (Lipinski definition) is 4. The standard InChI is InChI=1S/C13H19IO4/c1-2-3-4-5-6-7-8-9-10(15)11(16)12(17)13(14)18/h2-9H2,1H3. The number of rotatable bonds is 11. The largest absolute Gasteiger partial charge is 0.290 e. The molecule has 0 bridgehead atoms. The van der Waals surface area contributed by atoms with Gasteiger partial charge in [0.15, 0.2) is 0 Å². The van der Waals surface area contributed by atoms with E-state index >= 15 is 0 Å². The van der Waals surface area contributed by atoms with E-state index in [1.807, 2.05) is 0 Å². The van der Waals surface area contributed by atoms with E-state index in [2.05, 4.69) is 6.92 Å². The van der Waals surface area contributed by atoms with Crippen LogP contribution >= 0.6 is 22.6 Å². The minimum atomic E-state index is -1.21. The Balaban J connectivity index is 3.68. The molecule has 0 atom stereocenters. The molecule has 0 spiro atoms. The molecule has 0 heterocycles. The lowest BCUT2D eigenvalue weighted by Gasteiger charge is -2.00. The lowest BCUT2D eigenvalue weighted by molar-refractivity contribution is -0.146. The molecule has 0 aliphatic rings. The predicted molar refractivity (Wildman–Crippen MR) is 76.7 cm³/mol. The lowest BCUT2D eigenvalue weighted by atomic mass is 10.0. The maximum absolute atomic E-state index is 11.3. The number of hydrogen-bond donors (Lipinski definition) is 0. The van der Waals surface area contributed by atoms with Gasteiger partial charge in [-0.2, -0.15) is 0 Å². The Kier molecular flexibility index (Phi) is 10.0. The van der Waals surface area contributed by atoms with Gasteiger partial charge < -0.3 is 0 Å². The first-order valence-electron chi connectivity index (χ1n) is 6.32. The smallest absolute Gasteiger partial charge is 0.282 e. The molecule has 0 N–H and O–H groups in total. The summed E-state index contributed by atoms with van der Waals surface area (Å²) in [5, 5.41) is 0. The van der Waals surface area contributed by atoms with Crippen LogP contribution in [0, 0.1) is 0 Å². The maximum atomic E-state index is 11.3. The van der Waals surface area contributed by atoms with Gasteiger partial charge in [0.25, 0.3) is 15.4 Å². The minimum absolute atomic E-state index is 0.0717. The summed E-state index contributed by atoms with van der Waals surface area (Å²) in [5.74, 6) is -3.11. The van der Waals surface area contributed by atoms with E-state index in [9.17, 15) is 19.2 Å². The van der Waals surface area contributed by atoms with Gasteiger partial charge in [-0.1, -0.05) is 45.4 Å². The molecule has 4 nitrogen and oxygen atoms in total. The first-order valence-corrected chi connectivity index (χ1v) is 7.39. The number of Topliss-reactive ketones (excluding diaryl/α,β-unsaturated/α-hetero) is 3. The Morgan fingerprint density at radius 2 is 1.28 bits per heavy atom. The molecule has 0 aromatic rings. The van der Waals surface area contributed by atoms with Crippen LogP contribution in [-0.4, -0.2) is 21.1 Å². The van der Waals surface area contributed by atoms with Gasteiger partial charge in [-0.25, -0.2) is 0 Å². The predicted octanol–water partition coefficient (Wildman–Crippen LogP) is 2.80. The van der Waals surface area contributed by atoms with Gasteiger partial charge in [-0.15, -0.1) is 0 Å². The van der Waals surface area contributed by atoms with Crippen LogP contribution in [0.15, 0.2) is 0 Å². The maximum Gasteiger partial charge on any atom is 0.282 e. The van der Waals surface area contributed by atoms with E-state index in [1.165, 1.54) is 41.9 Å². The molecule has 0 aromatic heterocycles. The third-order valence-corrected chi connectivity index (χ3v) is 3.14. The third kappa shape index (κ3) is 7.68. The fraction of sp³-hybridized carbons (Fsp3) is 0.692. The van der Waals surface area contributed by atoms with E-state index in [0.717, 1.165) is 19.3 Å². The van der Waals surface area contributed by atoms with Gasteiger partial charge >= 0.3 is 0 Å². The topological polar surface area (TPSA) is 68.3 Å². The van der Waals surface area contributed by atoms with Crippen molar-refractivity contribution in [1.82, 2.24) is 0 Å². The summed E-state index contributed by atoms with van der Waals surface area (Å²) in [6.07, 6.45) is 7.37. The lowest BCUT2D eigenvalue weighted by Crippen LogP contribution is -2.27. The molecule has 0 amide bonds. The van der Waals surface area contributed by atoms with Crippen molar-refractivity contribution in [1.29, 1.82) is 0 Å². The SMILES string of the molecule is CCCCCCCCCC(=O)C(=O)C(=O)C(=O)I. The van der Waals surface area contributed by atoms with Crippen molar-refractivity contribution in [3.8, 4) is 0 Å². The van der Waals surface area contributed by atoms with Crippen LogP contribution in [0.25, 0.3) is 0 Å². The molecule has 5 heteroatoms. The summed E-state index contributed by atoms with van der Waals surface area (Å²) < 4.78 is -0.898. The van der Waals surface area contributed by atoms with Crippen LogP contribution in [0.4, 0.5) is 0 Å². The van der Waals surface area contributed by atoms with Crippen LogP contribution in [0.3, 0.4) is 0 Å². The summed E-state index contributed by atoms with van der Waals surface area (Å²) in [6, 6.07) is 0. The van der Waals surface area contributed by atoms with Crippen molar-refractivity contribution in [2.24, 2.45) is 0 Å². The molecule has 102 valence electrons. The molecule has 0 aliphatic heterocycles.